The predicted octanol–water partition coefficient (Wildman–Crippen LogP) is 3.10. The fourth-order valence-electron chi connectivity index (χ4n) is 6.25. The van der Waals surface area contributed by atoms with Gasteiger partial charge >= 0.3 is 5.97 Å². The summed E-state index contributed by atoms with van der Waals surface area (Å²) in [6.45, 7) is 8.68. The molecule has 0 spiro atoms. The van der Waals surface area contributed by atoms with Crippen molar-refractivity contribution in [1.29, 1.82) is 0 Å². The van der Waals surface area contributed by atoms with Crippen molar-refractivity contribution in [3.05, 3.63) is 0 Å². The van der Waals surface area contributed by atoms with Crippen LogP contribution in [0.5, 0.6) is 0 Å². The van der Waals surface area contributed by atoms with E-state index in [1.807, 2.05) is 0 Å². The van der Waals surface area contributed by atoms with Crippen molar-refractivity contribution in [3.63, 3.8) is 0 Å². The van der Waals surface area contributed by atoms with Crippen LogP contribution in [-0.4, -0.2) is 49.8 Å². The van der Waals surface area contributed by atoms with Gasteiger partial charge in [-0.3, -0.25) is 9.69 Å². The van der Waals surface area contributed by atoms with Crippen LogP contribution in [0.1, 0.15) is 52.4 Å². The molecule has 0 amide bonds. The molecule has 0 aromatic rings. The quantitative estimate of drug-likeness (QED) is 0.724. The summed E-state index contributed by atoms with van der Waals surface area (Å²) in [4.78, 5) is 15.3. The summed E-state index contributed by atoms with van der Waals surface area (Å²) in [6.07, 6.45) is 7.40. The molecule has 136 valence electrons. The van der Waals surface area contributed by atoms with Gasteiger partial charge in [0.05, 0.1) is 12.0 Å². The van der Waals surface area contributed by atoms with Gasteiger partial charge in [-0.25, -0.2) is 0 Å². The molecular formula is C20H33NO3. The smallest absolute Gasteiger partial charge is 0.312 e. The summed E-state index contributed by atoms with van der Waals surface area (Å²) < 4.78 is 11.7. The van der Waals surface area contributed by atoms with E-state index in [2.05, 4.69) is 18.7 Å². The van der Waals surface area contributed by atoms with Crippen LogP contribution in [-0.2, 0) is 14.3 Å². The Morgan fingerprint density at radius 1 is 1.17 bits per heavy atom. The zero-order chi connectivity index (χ0) is 16.7. The molecule has 0 N–H and O–H groups in total. The predicted molar refractivity (Wildman–Crippen MR) is 92.6 cm³/mol. The summed E-state index contributed by atoms with van der Waals surface area (Å²) in [7, 11) is 0. The van der Waals surface area contributed by atoms with Crippen molar-refractivity contribution < 1.29 is 14.3 Å². The Bertz CT molecular complexity index is 440. The summed E-state index contributed by atoms with van der Waals surface area (Å²) in [5.74, 6) is 3.12. The molecule has 1 atom stereocenters. The minimum absolute atomic E-state index is 0.0513. The van der Waals surface area contributed by atoms with Crippen LogP contribution in [0.15, 0.2) is 0 Å². The van der Waals surface area contributed by atoms with E-state index in [0.717, 1.165) is 63.3 Å². The Morgan fingerprint density at radius 2 is 1.79 bits per heavy atom. The highest BCUT2D eigenvalue weighted by Gasteiger charge is 2.55. The van der Waals surface area contributed by atoms with Gasteiger partial charge in [0.25, 0.3) is 0 Å². The van der Waals surface area contributed by atoms with Crippen LogP contribution in [0, 0.1) is 29.1 Å². The topological polar surface area (TPSA) is 38.8 Å². The second-order valence-corrected chi connectivity index (χ2v) is 9.44. The Balaban J connectivity index is 1.30. The lowest BCUT2D eigenvalue weighted by Gasteiger charge is -2.55. The number of hydrogen-bond acceptors (Lipinski definition) is 4. The zero-order valence-corrected chi connectivity index (χ0v) is 15.3. The molecule has 1 heterocycles. The second kappa shape index (κ2) is 6.60. The molecule has 4 aliphatic carbocycles. The van der Waals surface area contributed by atoms with Crippen molar-refractivity contribution in [3.8, 4) is 0 Å². The molecule has 4 bridgehead atoms. The van der Waals surface area contributed by atoms with Crippen molar-refractivity contribution in [1.82, 2.24) is 4.90 Å². The normalized spacial score (nSPS) is 41.8. The van der Waals surface area contributed by atoms with Gasteiger partial charge in [0.1, 0.15) is 12.7 Å². The highest BCUT2D eigenvalue weighted by molar-refractivity contribution is 5.77. The number of carbonyl (C=O) groups excluding carboxylic acids is 1. The third kappa shape index (κ3) is 3.37. The maximum absolute atomic E-state index is 12.9. The molecule has 4 heteroatoms. The van der Waals surface area contributed by atoms with E-state index in [1.54, 1.807) is 0 Å². The first-order chi connectivity index (χ1) is 11.5. The highest BCUT2D eigenvalue weighted by atomic mass is 16.6. The van der Waals surface area contributed by atoms with E-state index in [1.165, 1.54) is 19.3 Å². The molecule has 5 rings (SSSR count). The van der Waals surface area contributed by atoms with Crippen LogP contribution in [0.3, 0.4) is 0 Å². The maximum atomic E-state index is 12.9. The van der Waals surface area contributed by atoms with Crippen molar-refractivity contribution in [2.75, 3.05) is 32.8 Å². The van der Waals surface area contributed by atoms with Crippen LogP contribution < -0.4 is 0 Å². The minimum atomic E-state index is -0.138. The van der Waals surface area contributed by atoms with Gasteiger partial charge < -0.3 is 9.47 Å². The SMILES string of the molecule is CC(C)CN1CCOC(COC(=O)C23CC4CC(CC(C4)C2)C3)C1. The van der Waals surface area contributed by atoms with Gasteiger partial charge in [0.15, 0.2) is 0 Å². The molecule has 1 unspecified atom stereocenters. The zero-order valence-electron chi connectivity index (χ0n) is 15.3. The van der Waals surface area contributed by atoms with E-state index < -0.39 is 0 Å². The molecule has 0 aromatic heterocycles. The average Bonchev–Trinajstić information content (AvgIpc) is 2.51. The maximum Gasteiger partial charge on any atom is 0.312 e. The third-order valence-corrected chi connectivity index (χ3v) is 6.72. The number of esters is 1. The van der Waals surface area contributed by atoms with Gasteiger partial charge in [0, 0.05) is 19.6 Å². The summed E-state index contributed by atoms with van der Waals surface area (Å²) >= 11 is 0. The van der Waals surface area contributed by atoms with Crippen LogP contribution in [0.25, 0.3) is 0 Å². The number of rotatable bonds is 5. The number of carbonyl (C=O) groups is 1. The molecule has 5 fully saturated rings. The fraction of sp³-hybridized carbons (Fsp3) is 0.950. The van der Waals surface area contributed by atoms with E-state index in [-0.39, 0.29) is 17.5 Å². The Hall–Kier alpha value is -0.610. The first kappa shape index (κ1) is 16.8. The first-order valence-electron chi connectivity index (χ1n) is 10.0. The van der Waals surface area contributed by atoms with Gasteiger partial charge in [0.2, 0.25) is 0 Å². The first-order valence-corrected chi connectivity index (χ1v) is 10.0. The fourth-order valence-corrected chi connectivity index (χ4v) is 6.25. The molecule has 0 aromatic carbocycles. The number of morpholine rings is 1. The Morgan fingerprint density at radius 3 is 2.38 bits per heavy atom. The largest absolute Gasteiger partial charge is 0.462 e. The van der Waals surface area contributed by atoms with Crippen LogP contribution in [0.4, 0.5) is 0 Å². The Labute approximate surface area is 146 Å². The number of nitrogens with zero attached hydrogens (tertiary/aromatic N) is 1. The third-order valence-electron chi connectivity index (χ3n) is 6.72. The summed E-state index contributed by atoms with van der Waals surface area (Å²) in [5, 5.41) is 0. The summed E-state index contributed by atoms with van der Waals surface area (Å²) in [6, 6.07) is 0. The van der Waals surface area contributed by atoms with Crippen LogP contribution in [0.2, 0.25) is 0 Å². The molecule has 1 aliphatic heterocycles. The Kier molecular flexibility index (Phi) is 4.63. The van der Waals surface area contributed by atoms with Gasteiger partial charge in [-0.15, -0.1) is 0 Å². The van der Waals surface area contributed by atoms with Gasteiger partial charge in [-0.2, -0.15) is 0 Å². The number of hydrogen-bond donors (Lipinski definition) is 0. The monoisotopic (exact) mass is 335 g/mol. The lowest BCUT2D eigenvalue weighted by Crippen LogP contribution is -2.51. The molecular weight excluding hydrogens is 302 g/mol. The minimum Gasteiger partial charge on any atom is -0.462 e. The van der Waals surface area contributed by atoms with Crippen molar-refractivity contribution >= 4 is 5.97 Å². The van der Waals surface area contributed by atoms with E-state index in [9.17, 15) is 4.79 Å². The highest BCUT2D eigenvalue weighted by Crippen LogP contribution is 2.60. The van der Waals surface area contributed by atoms with Crippen LogP contribution >= 0.6 is 0 Å². The molecule has 24 heavy (non-hydrogen) atoms. The standard InChI is InChI=1S/C20H33NO3/c1-14(2)11-21-3-4-23-18(12-21)13-24-19(22)20-8-15-5-16(9-20)7-17(6-15)10-20/h14-18H,3-13H2,1-2H3. The molecule has 4 saturated carbocycles. The van der Waals surface area contributed by atoms with E-state index in [0.29, 0.717) is 12.5 Å². The molecule has 0 radical (unpaired) electrons. The van der Waals surface area contributed by atoms with E-state index >= 15 is 0 Å². The lowest BCUT2D eigenvalue weighted by atomic mass is 9.49. The van der Waals surface area contributed by atoms with Gasteiger partial charge in [-0.05, 0) is 62.2 Å². The molecule has 1 saturated heterocycles. The lowest BCUT2D eigenvalue weighted by molar-refractivity contribution is -0.177. The second-order valence-electron chi connectivity index (χ2n) is 9.44. The molecule has 4 nitrogen and oxygen atoms in total. The van der Waals surface area contributed by atoms with Crippen molar-refractivity contribution in [2.24, 2.45) is 29.1 Å². The summed E-state index contributed by atoms with van der Waals surface area (Å²) in [5.41, 5.74) is -0.138. The van der Waals surface area contributed by atoms with Gasteiger partial charge in [-0.1, -0.05) is 13.8 Å². The molecule has 5 aliphatic rings. The van der Waals surface area contributed by atoms with E-state index in [4.69, 9.17) is 9.47 Å². The number of ether oxygens (including phenoxy) is 2. The van der Waals surface area contributed by atoms with Crippen molar-refractivity contribution in [2.45, 2.75) is 58.5 Å². The average molecular weight is 335 g/mol.